The minimum atomic E-state index is -0.558. The average Bonchev–Trinajstić information content (AvgIpc) is 2.18. The van der Waals surface area contributed by atoms with Crippen LogP contribution in [0, 0.1) is 5.82 Å². The number of nitrogens with one attached hydrogen (secondary N) is 1. The van der Waals surface area contributed by atoms with Gasteiger partial charge in [0.2, 0.25) is 5.91 Å². The predicted octanol–water partition coefficient (Wildman–Crippen LogP) is 1.97. The smallest absolute Gasteiger partial charge is 0.236 e. The van der Waals surface area contributed by atoms with Crippen LogP contribution in [0.2, 0.25) is 0 Å². The van der Waals surface area contributed by atoms with Crippen LogP contribution >= 0.6 is 28.3 Å². The monoisotopic (exact) mass is 310 g/mol. The maximum atomic E-state index is 12.9. The number of halogens is 3. The summed E-state index contributed by atoms with van der Waals surface area (Å²) in [6.45, 7) is 1.86. The molecule has 0 aromatic heterocycles. The van der Waals surface area contributed by atoms with Gasteiger partial charge in [-0.05, 0) is 30.7 Å². The number of carbonyl (C=O) groups excluding carboxylic acids is 1. The Morgan fingerprint density at radius 1 is 1.62 bits per heavy atom. The minimum Gasteiger partial charge on any atom is -0.351 e. The van der Waals surface area contributed by atoms with Crippen molar-refractivity contribution < 1.29 is 9.18 Å². The Hall–Kier alpha value is -0.650. The van der Waals surface area contributed by atoms with Gasteiger partial charge in [-0.1, -0.05) is 15.9 Å². The molecule has 1 aromatic carbocycles. The number of hydrogen-bond donors (Lipinski definition) is 2. The zero-order chi connectivity index (χ0) is 11.4. The molecule has 0 aliphatic heterocycles. The van der Waals surface area contributed by atoms with Crippen molar-refractivity contribution in [2.24, 2.45) is 5.73 Å². The third-order valence-electron chi connectivity index (χ3n) is 1.87. The van der Waals surface area contributed by atoms with Crippen molar-refractivity contribution in [2.75, 3.05) is 0 Å². The Balaban J connectivity index is 0.00000225. The number of hydrogen-bond acceptors (Lipinski definition) is 2. The Morgan fingerprint density at radius 3 is 2.81 bits per heavy atom. The molecular formula is C10H13BrClFN2O. The summed E-state index contributed by atoms with van der Waals surface area (Å²) in [5, 5.41) is 2.61. The molecule has 0 heterocycles. The van der Waals surface area contributed by atoms with Crippen molar-refractivity contribution in [1.29, 1.82) is 0 Å². The highest BCUT2D eigenvalue weighted by Crippen LogP contribution is 2.17. The SMILES string of the molecule is CC(N)C(=O)NCc1cc(F)ccc1Br.Cl. The first-order valence-electron chi connectivity index (χ1n) is 4.48. The van der Waals surface area contributed by atoms with Gasteiger partial charge < -0.3 is 11.1 Å². The molecule has 0 fully saturated rings. The molecule has 1 rings (SSSR count). The van der Waals surface area contributed by atoms with Crippen molar-refractivity contribution in [3.8, 4) is 0 Å². The number of benzene rings is 1. The highest BCUT2D eigenvalue weighted by Gasteiger charge is 2.08. The number of amides is 1. The molecule has 6 heteroatoms. The van der Waals surface area contributed by atoms with Crippen LogP contribution in [0.3, 0.4) is 0 Å². The van der Waals surface area contributed by atoms with Crippen LogP contribution in [0.5, 0.6) is 0 Å². The van der Waals surface area contributed by atoms with Gasteiger partial charge in [-0.25, -0.2) is 4.39 Å². The Kier molecular flexibility index (Phi) is 6.55. The molecule has 1 atom stereocenters. The lowest BCUT2D eigenvalue weighted by molar-refractivity contribution is -0.122. The van der Waals surface area contributed by atoms with Gasteiger partial charge in [0, 0.05) is 11.0 Å². The molecule has 1 unspecified atom stereocenters. The van der Waals surface area contributed by atoms with Gasteiger partial charge in [0.05, 0.1) is 6.04 Å². The lowest BCUT2D eigenvalue weighted by Crippen LogP contribution is -2.37. The fraction of sp³-hybridized carbons (Fsp3) is 0.300. The van der Waals surface area contributed by atoms with E-state index in [2.05, 4.69) is 21.2 Å². The largest absolute Gasteiger partial charge is 0.351 e. The first kappa shape index (κ1) is 15.3. The fourth-order valence-electron chi connectivity index (χ4n) is 1.02. The molecule has 3 N–H and O–H groups in total. The van der Waals surface area contributed by atoms with E-state index < -0.39 is 6.04 Å². The van der Waals surface area contributed by atoms with E-state index in [4.69, 9.17) is 5.73 Å². The summed E-state index contributed by atoms with van der Waals surface area (Å²) in [6.07, 6.45) is 0. The molecule has 3 nitrogen and oxygen atoms in total. The van der Waals surface area contributed by atoms with E-state index in [1.54, 1.807) is 13.0 Å². The van der Waals surface area contributed by atoms with E-state index in [9.17, 15) is 9.18 Å². The van der Waals surface area contributed by atoms with E-state index in [1.807, 2.05) is 0 Å². The van der Waals surface area contributed by atoms with Gasteiger partial charge in [-0.15, -0.1) is 12.4 Å². The van der Waals surface area contributed by atoms with Crippen molar-refractivity contribution in [3.63, 3.8) is 0 Å². The number of nitrogens with two attached hydrogens (primary N) is 1. The van der Waals surface area contributed by atoms with Crippen LogP contribution in [0.15, 0.2) is 22.7 Å². The topological polar surface area (TPSA) is 55.1 Å². The number of carbonyl (C=O) groups is 1. The van der Waals surface area contributed by atoms with Crippen molar-refractivity contribution in [1.82, 2.24) is 5.32 Å². The van der Waals surface area contributed by atoms with Crippen LogP contribution in [-0.4, -0.2) is 11.9 Å². The van der Waals surface area contributed by atoms with Crippen molar-refractivity contribution >= 4 is 34.2 Å². The van der Waals surface area contributed by atoms with Crippen LogP contribution in [0.1, 0.15) is 12.5 Å². The second-order valence-electron chi connectivity index (χ2n) is 3.24. The molecular weight excluding hydrogens is 298 g/mol. The van der Waals surface area contributed by atoms with Gasteiger partial charge in [0.15, 0.2) is 0 Å². The third-order valence-corrected chi connectivity index (χ3v) is 2.65. The summed E-state index contributed by atoms with van der Waals surface area (Å²) in [7, 11) is 0. The number of rotatable bonds is 3. The normalized spacial score (nSPS) is 11.5. The molecule has 16 heavy (non-hydrogen) atoms. The van der Waals surface area contributed by atoms with E-state index in [1.165, 1.54) is 12.1 Å². The second kappa shape index (κ2) is 6.83. The minimum absolute atomic E-state index is 0. The van der Waals surface area contributed by atoms with E-state index in [-0.39, 0.29) is 30.7 Å². The Bertz CT molecular complexity index is 374. The van der Waals surface area contributed by atoms with Gasteiger partial charge in [-0.3, -0.25) is 4.79 Å². The standard InChI is InChI=1S/C10H12BrFN2O.ClH/c1-6(13)10(15)14-5-7-4-8(12)2-3-9(7)11;/h2-4,6H,5,13H2,1H3,(H,14,15);1H. The lowest BCUT2D eigenvalue weighted by atomic mass is 10.2. The molecule has 0 bridgehead atoms. The Labute approximate surface area is 108 Å². The predicted molar refractivity (Wildman–Crippen MR) is 66.8 cm³/mol. The lowest BCUT2D eigenvalue weighted by Gasteiger charge is -2.09. The van der Waals surface area contributed by atoms with Gasteiger partial charge >= 0.3 is 0 Å². The molecule has 1 amide bonds. The summed E-state index contributed by atoms with van der Waals surface area (Å²) < 4.78 is 13.6. The molecule has 90 valence electrons. The highest BCUT2D eigenvalue weighted by atomic mass is 79.9. The average molecular weight is 312 g/mol. The molecule has 0 spiro atoms. The fourth-order valence-corrected chi connectivity index (χ4v) is 1.41. The van der Waals surface area contributed by atoms with Gasteiger partial charge in [0.25, 0.3) is 0 Å². The second-order valence-corrected chi connectivity index (χ2v) is 4.10. The van der Waals surface area contributed by atoms with E-state index in [0.717, 1.165) is 4.47 Å². The maximum absolute atomic E-state index is 12.9. The summed E-state index contributed by atoms with van der Waals surface area (Å²) in [5.41, 5.74) is 6.05. The summed E-state index contributed by atoms with van der Waals surface area (Å²) >= 11 is 3.27. The molecule has 0 aliphatic carbocycles. The van der Waals surface area contributed by atoms with E-state index >= 15 is 0 Å². The van der Waals surface area contributed by atoms with Gasteiger partial charge in [0.1, 0.15) is 5.82 Å². The summed E-state index contributed by atoms with van der Waals surface area (Å²) in [6, 6.07) is 3.76. The van der Waals surface area contributed by atoms with Crippen molar-refractivity contribution in [2.45, 2.75) is 19.5 Å². The third kappa shape index (κ3) is 4.47. The highest BCUT2D eigenvalue weighted by molar-refractivity contribution is 9.10. The Morgan fingerprint density at radius 2 is 2.25 bits per heavy atom. The zero-order valence-corrected chi connectivity index (χ0v) is 11.1. The van der Waals surface area contributed by atoms with Crippen LogP contribution < -0.4 is 11.1 Å². The summed E-state index contributed by atoms with van der Waals surface area (Å²) in [5.74, 6) is -0.589. The van der Waals surface area contributed by atoms with Crippen LogP contribution in [-0.2, 0) is 11.3 Å². The van der Waals surface area contributed by atoms with Crippen LogP contribution in [0.25, 0.3) is 0 Å². The van der Waals surface area contributed by atoms with Gasteiger partial charge in [-0.2, -0.15) is 0 Å². The molecule has 1 aromatic rings. The zero-order valence-electron chi connectivity index (χ0n) is 8.67. The first-order valence-corrected chi connectivity index (χ1v) is 5.27. The van der Waals surface area contributed by atoms with Crippen molar-refractivity contribution in [3.05, 3.63) is 34.1 Å². The molecule has 0 saturated carbocycles. The molecule has 0 saturated heterocycles. The maximum Gasteiger partial charge on any atom is 0.236 e. The quantitative estimate of drug-likeness (QED) is 0.897. The van der Waals surface area contributed by atoms with Crippen LogP contribution in [0.4, 0.5) is 4.39 Å². The summed E-state index contributed by atoms with van der Waals surface area (Å²) in [4.78, 5) is 11.2. The van der Waals surface area contributed by atoms with E-state index in [0.29, 0.717) is 5.56 Å². The molecule has 0 radical (unpaired) electrons. The molecule has 0 aliphatic rings. The first-order chi connectivity index (χ1) is 7.00.